The Morgan fingerprint density at radius 2 is 1.46 bits per heavy atom. The fraction of sp³-hybridized carbons (Fsp3) is 0. The first kappa shape index (κ1) is 28.9. The summed E-state index contributed by atoms with van der Waals surface area (Å²) < 4.78 is 0. The quantitative estimate of drug-likeness (QED) is 0.0930. The molecule has 0 aliphatic rings. The Hall–Kier alpha value is -5.05. The molecule has 0 fully saturated rings. The average Bonchev–Trinajstić information content (AvgIpc) is 2.98. The van der Waals surface area contributed by atoms with Crippen molar-refractivity contribution in [3.05, 3.63) is 151 Å². The van der Waals surface area contributed by atoms with Gasteiger partial charge in [-0.3, -0.25) is 24.5 Å². The minimum Gasteiger partial charge on any atom is -0.321 e. The predicted molar refractivity (Wildman–Crippen MR) is 160 cm³/mol. The molecule has 0 aliphatic heterocycles. The lowest BCUT2D eigenvalue weighted by Crippen LogP contribution is -2.30. The summed E-state index contributed by atoms with van der Waals surface area (Å²) in [6.07, 6.45) is 4.32. The largest absolute Gasteiger partial charge is 0.321 e. The van der Waals surface area contributed by atoms with Gasteiger partial charge in [0.05, 0.1) is 15.0 Å². The number of nitrogens with zero attached hydrogens (tertiary/aromatic N) is 1. The van der Waals surface area contributed by atoms with Crippen molar-refractivity contribution in [3.63, 3.8) is 0 Å². The molecule has 0 unspecified atom stereocenters. The Balaban J connectivity index is 1.50. The molecule has 8 nitrogen and oxygen atoms in total. The molecule has 0 heterocycles. The molecule has 0 bridgehead atoms. The van der Waals surface area contributed by atoms with Crippen molar-refractivity contribution in [1.82, 2.24) is 5.32 Å². The first-order chi connectivity index (χ1) is 19.7. The Bertz CT molecular complexity index is 1670. The lowest BCUT2D eigenvalue weighted by Gasteiger charge is -2.12. The molecule has 0 saturated carbocycles. The molecule has 2 N–H and O–H groups in total. The van der Waals surface area contributed by atoms with Gasteiger partial charge < -0.3 is 10.6 Å². The first-order valence-corrected chi connectivity index (χ1v) is 12.9. The summed E-state index contributed by atoms with van der Waals surface area (Å²) in [6, 6.07) is 25.3. The van der Waals surface area contributed by atoms with Gasteiger partial charge in [-0.2, -0.15) is 0 Å². The van der Waals surface area contributed by atoms with Crippen molar-refractivity contribution in [2.75, 3.05) is 5.32 Å². The lowest BCUT2D eigenvalue weighted by atomic mass is 10.1. The monoisotopic (exact) mass is 585 g/mol. The second kappa shape index (κ2) is 13.3. The van der Waals surface area contributed by atoms with E-state index in [9.17, 15) is 24.5 Å². The van der Waals surface area contributed by atoms with E-state index in [1.807, 2.05) is 0 Å². The molecule has 4 rings (SSSR count). The second-order valence-electron chi connectivity index (χ2n) is 8.60. The second-order valence-corrected chi connectivity index (χ2v) is 9.38. The third kappa shape index (κ3) is 7.76. The summed E-state index contributed by atoms with van der Waals surface area (Å²) in [7, 11) is 0. The molecule has 0 aromatic heterocycles. The normalized spacial score (nSPS) is 11.2. The number of non-ortho nitro benzene ring substituents is 1. The van der Waals surface area contributed by atoms with Crippen LogP contribution in [0.15, 0.2) is 109 Å². The van der Waals surface area contributed by atoms with Crippen LogP contribution in [0.3, 0.4) is 0 Å². The molecular formula is C31H21Cl2N3O5. The smallest absolute Gasteiger partial charge is 0.272 e. The van der Waals surface area contributed by atoms with E-state index in [-0.39, 0.29) is 27.2 Å². The Labute approximate surface area is 245 Å². The maximum Gasteiger partial charge on any atom is 0.272 e. The molecule has 2 amide bonds. The van der Waals surface area contributed by atoms with E-state index in [1.54, 1.807) is 78.9 Å². The van der Waals surface area contributed by atoms with Crippen LogP contribution in [0.25, 0.3) is 12.2 Å². The number of carbonyl (C=O) groups is 3. The summed E-state index contributed by atoms with van der Waals surface area (Å²) in [5.74, 6) is -1.42. The van der Waals surface area contributed by atoms with Gasteiger partial charge in [-0.25, -0.2) is 0 Å². The third-order valence-electron chi connectivity index (χ3n) is 5.77. The van der Waals surface area contributed by atoms with Crippen molar-refractivity contribution in [1.29, 1.82) is 0 Å². The summed E-state index contributed by atoms with van der Waals surface area (Å²) in [5.41, 5.74) is 2.03. The standard InChI is InChI=1S/C31H21Cl2N3O5/c32-26-8-4-7-23(29(26)33)19-27(35-30(38)22-5-2-1-3-6-22)31(39)34-24-14-12-21(13-15-24)28(37)18-11-20-9-16-25(17-10-20)36(40)41/h1-19H,(H,34,39)(H,35,38)/b18-11+,27-19-. The summed E-state index contributed by atoms with van der Waals surface area (Å²) >= 11 is 12.4. The molecule has 0 spiro atoms. The molecule has 0 radical (unpaired) electrons. The number of nitrogens with one attached hydrogen (secondary N) is 2. The number of rotatable bonds is 9. The zero-order chi connectivity index (χ0) is 29.4. The fourth-order valence-electron chi connectivity index (χ4n) is 3.62. The zero-order valence-electron chi connectivity index (χ0n) is 21.2. The minimum absolute atomic E-state index is 0.0422. The molecular weight excluding hydrogens is 565 g/mol. The number of benzene rings is 4. The highest BCUT2D eigenvalue weighted by Crippen LogP contribution is 2.27. The molecule has 4 aromatic carbocycles. The number of anilines is 1. The van der Waals surface area contributed by atoms with E-state index in [4.69, 9.17) is 23.2 Å². The summed E-state index contributed by atoms with van der Waals surface area (Å²) in [4.78, 5) is 48.9. The molecule has 0 atom stereocenters. The van der Waals surface area contributed by atoms with E-state index in [0.29, 0.717) is 27.9 Å². The highest BCUT2D eigenvalue weighted by atomic mass is 35.5. The molecule has 204 valence electrons. The van der Waals surface area contributed by atoms with Crippen LogP contribution in [0.5, 0.6) is 0 Å². The van der Waals surface area contributed by atoms with Gasteiger partial charge in [0.15, 0.2) is 5.78 Å². The van der Waals surface area contributed by atoms with Gasteiger partial charge in [-0.15, -0.1) is 0 Å². The summed E-state index contributed by atoms with van der Waals surface area (Å²) in [5, 5.41) is 16.6. The average molecular weight is 586 g/mol. The number of nitro benzene ring substituents is 1. The van der Waals surface area contributed by atoms with Crippen LogP contribution in [-0.4, -0.2) is 22.5 Å². The SMILES string of the molecule is O=C(Nc1ccc(C(=O)/C=C/c2ccc([N+](=O)[O-])cc2)cc1)/C(=C/c1cccc(Cl)c1Cl)NC(=O)c1ccccc1. The Kier molecular flexibility index (Phi) is 9.42. The lowest BCUT2D eigenvalue weighted by molar-refractivity contribution is -0.384. The number of ketones is 1. The molecule has 0 saturated heterocycles. The van der Waals surface area contributed by atoms with Gasteiger partial charge in [-0.05, 0) is 77.9 Å². The highest BCUT2D eigenvalue weighted by Gasteiger charge is 2.16. The van der Waals surface area contributed by atoms with E-state index in [2.05, 4.69) is 10.6 Å². The van der Waals surface area contributed by atoms with Crippen molar-refractivity contribution >= 4 is 64.3 Å². The Morgan fingerprint density at radius 1 is 0.780 bits per heavy atom. The molecule has 41 heavy (non-hydrogen) atoms. The third-order valence-corrected chi connectivity index (χ3v) is 6.60. The maximum absolute atomic E-state index is 13.2. The minimum atomic E-state index is -0.623. The van der Waals surface area contributed by atoms with Crippen LogP contribution in [-0.2, 0) is 4.79 Å². The number of hydrogen-bond donors (Lipinski definition) is 2. The van der Waals surface area contributed by atoms with Crippen molar-refractivity contribution in [3.8, 4) is 0 Å². The number of amides is 2. The van der Waals surface area contributed by atoms with Crippen LogP contribution >= 0.6 is 23.2 Å². The highest BCUT2D eigenvalue weighted by molar-refractivity contribution is 6.43. The maximum atomic E-state index is 13.2. The first-order valence-electron chi connectivity index (χ1n) is 12.1. The van der Waals surface area contributed by atoms with Gasteiger partial charge in [0, 0.05) is 28.9 Å². The molecule has 10 heteroatoms. The molecule has 4 aromatic rings. The van der Waals surface area contributed by atoms with Gasteiger partial charge in [0.25, 0.3) is 17.5 Å². The number of halogens is 2. The molecule has 0 aliphatic carbocycles. The van der Waals surface area contributed by atoms with E-state index >= 15 is 0 Å². The predicted octanol–water partition coefficient (Wildman–Crippen LogP) is 7.21. The fourth-order valence-corrected chi connectivity index (χ4v) is 3.98. The van der Waals surface area contributed by atoms with Crippen LogP contribution in [0.1, 0.15) is 31.8 Å². The van der Waals surface area contributed by atoms with Crippen molar-refractivity contribution in [2.45, 2.75) is 0 Å². The number of allylic oxidation sites excluding steroid dienone is 1. The van der Waals surface area contributed by atoms with Crippen LogP contribution in [0, 0.1) is 10.1 Å². The van der Waals surface area contributed by atoms with Crippen molar-refractivity contribution < 1.29 is 19.3 Å². The van der Waals surface area contributed by atoms with Crippen LogP contribution in [0.2, 0.25) is 10.0 Å². The van der Waals surface area contributed by atoms with Gasteiger partial charge in [0.2, 0.25) is 0 Å². The van der Waals surface area contributed by atoms with E-state index in [0.717, 1.165) is 0 Å². The van der Waals surface area contributed by atoms with E-state index in [1.165, 1.54) is 36.4 Å². The van der Waals surface area contributed by atoms with Gasteiger partial charge in [-0.1, -0.05) is 59.6 Å². The summed E-state index contributed by atoms with van der Waals surface area (Å²) in [6.45, 7) is 0. The Morgan fingerprint density at radius 3 is 2.12 bits per heavy atom. The van der Waals surface area contributed by atoms with Crippen molar-refractivity contribution in [2.24, 2.45) is 0 Å². The topological polar surface area (TPSA) is 118 Å². The van der Waals surface area contributed by atoms with Gasteiger partial charge in [0.1, 0.15) is 5.70 Å². The zero-order valence-corrected chi connectivity index (χ0v) is 22.7. The number of hydrogen-bond acceptors (Lipinski definition) is 5. The number of nitro groups is 1. The van der Waals surface area contributed by atoms with Crippen LogP contribution in [0.4, 0.5) is 11.4 Å². The van der Waals surface area contributed by atoms with Crippen LogP contribution < -0.4 is 10.6 Å². The number of carbonyl (C=O) groups excluding carboxylic acids is 3. The van der Waals surface area contributed by atoms with E-state index < -0.39 is 16.7 Å². The van der Waals surface area contributed by atoms with Gasteiger partial charge >= 0.3 is 0 Å².